The fraction of sp³-hybridized carbons (Fsp3) is 0.778. The van der Waals surface area contributed by atoms with E-state index in [1.165, 1.54) is 0 Å². The van der Waals surface area contributed by atoms with Crippen LogP contribution in [0.2, 0.25) is 0 Å². The average Bonchev–Trinajstić information content (AvgIpc) is 3.00. The summed E-state index contributed by atoms with van der Waals surface area (Å²) in [5.41, 5.74) is 1.08. The molecule has 42 heavy (non-hydrogen) atoms. The minimum absolute atomic E-state index is 0.341. The zero-order valence-corrected chi connectivity index (χ0v) is 22.8. The second-order valence-electron chi connectivity index (χ2n) is 10.9. The van der Waals surface area contributed by atoms with Gasteiger partial charge in [0.2, 0.25) is 0 Å². The molecule has 3 heterocycles. The van der Waals surface area contributed by atoms with E-state index in [-0.39, 0.29) is 0 Å². The van der Waals surface area contributed by atoms with Crippen molar-refractivity contribution in [2.45, 2.75) is 111 Å². The predicted octanol–water partition coefficient (Wildman–Crippen LogP) is -4.50. The molecule has 0 amide bonds. The number of hydrogen-bond donors (Lipinski definition) is 10. The number of benzene rings is 1. The van der Waals surface area contributed by atoms with Crippen LogP contribution in [0.3, 0.4) is 0 Å². The summed E-state index contributed by atoms with van der Waals surface area (Å²) in [6, 6.07) is 9.63. The SMILES string of the molecule is OC[C@H]1O[C@@H](O[C@@H]2[C@@H](O)[C@H](O[C@@H]3[C@@H](O)[C@H](CCCc4ccccc4)O[C@H](CO)[C@H]3O)O[C@H](CO)[C@H]2O)[C@H](O)[C@@H](O)[C@@H]1O. The fourth-order valence-corrected chi connectivity index (χ4v) is 5.53. The largest absolute Gasteiger partial charge is 0.394 e. The number of ether oxygens (including phenoxy) is 5. The third kappa shape index (κ3) is 7.28. The molecule has 240 valence electrons. The lowest BCUT2D eigenvalue weighted by atomic mass is 9.91. The summed E-state index contributed by atoms with van der Waals surface area (Å²) >= 11 is 0. The first kappa shape index (κ1) is 33.5. The van der Waals surface area contributed by atoms with Crippen LogP contribution in [0.1, 0.15) is 18.4 Å². The summed E-state index contributed by atoms with van der Waals surface area (Å²) in [6.07, 6.45) is -21.6. The maximum Gasteiger partial charge on any atom is 0.187 e. The van der Waals surface area contributed by atoms with Gasteiger partial charge in [0, 0.05) is 0 Å². The fourth-order valence-electron chi connectivity index (χ4n) is 5.53. The van der Waals surface area contributed by atoms with Crippen LogP contribution in [0, 0.1) is 0 Å². The molecule has 3 aliphatic rings. The number of rotatable bonds is 11. The Morgan fingerprint density at radius 2 is 1.00 bits per heavy atom. The van der Waals surface area contributed by atoms with Gasteiger partial charge in [0.25, 0.3) is 0 Å². The number of aliphatic hydroxyl groups is 10. The second-order valence-corrected chi connectivity index (χ2v) is 10.9. The minimum atomic E-state index is -1.86. The summed E-state index contributed by atoms with van der Waals surface area (Å²) < 4.78 is 27.9. The molecule has 0 aliphatic carbocycles. The van der Waals surface area contributed by atoms with Gasteiger partial charge < -0.3 is 74.7 Å². The van der Waals surface area contributed by atoms with Crippen LogP contribution >= 0.6 is 0 Å². The molecule has 3 saturated heterocycles. The summed E-state index contributed by atoms with van der Waals surface area (Å²) in [6.45, 7) is -2.12. The molecule has 1 aromatic carbocycles. The van der Waals surface area contributed by atoms with E-state index < -0.39 is 112 Å². The van der Waals surface area contributed by atoms with Crippen LogP contribution in [0.15, 0.2) is 30.3 Å². The normalized spacial score (nSPS) is 44.7. The molecule has 0 aromatic heterocycles. The standard InChI is InChI=1S/C27H42O15/c28-9-14-17(31)21(35)22(36)26(39-14)42-25-20(34)16(11-30)40-27(23(25)37)41-24-18(32)13(38-15(10-29)19(24)33)8-4-7-12-5-2-1-3-6-12/h1-3,5-6,13-37H,4,7-11H2/t13-,14+,15+,16+,17+,18-,19+,20+,21-,22+,23+,24+,25-,26-,27-/m0/s1. The molecule has 3 aliphatic heterocycles. The van der Waals surface area contributed by atoms with Crippen LogP contribution in [-0.2, 0) is 30.1 Å². The van der Waals surface area contributed by atoms with Gasteiger partial charge in [-0.05, 0) is 24.8 Å². The summed E-state index contributed by atoms with van der Waals surface area (Å²) in [4.78, 5) is 0. The smallest absolute Gasteiger partial charge is 0.187 e. The van der Waals surface area contributed by atoms with E-state index in [9.17, 15) is 51.1 Å². The number of hydrogen-bond acceptors (Lipinski definition) is 15. The van der Waals surface area contributed by atoms with Crippen LogP contribution in [0.25, 0.3) is 0 Å². The molecule has 3 fully saturated rings. The van der Waals surface area contributed by atoms with Gasteiger partial charge in [-0.15, -0.1) is 0 Å². The van der Waals surface area contributed by atoms with Crippen LogP contribution in [0.5, 0.6) is 0 Å². The number of aliphatic hydroxyl groups excluding tert-OH is 10. The molecule has 15 heteroatoms. The van der Waals surface area contributed by atoms with E-state index in [4.69, 9.17) is 23.7 Å². The van der Waals surface area contributed by atoms with E-state index >= 15 is 0 Å². The molecule has 0 saturated carbocycles. The lowest BCUT2D eigenvalue weighted by Gasteiger charge is -2.48. The van der Waals surface area contributed by atoms with Crippen molar-refractivity contribution < 1.29 is 74.7 Å². The predicted molar refractivity (Wildman–Crippen MR) is 138 cm³/mol. The van der Waals surface area contributed by atoms with Crippen LogP contribution in [0.4, 0.5) is 0 Å². The van der Waals surface area contributed by atoms with Crippen molar-refractivity contribution in [3.63, 3.8) is 0 Å². The van der Waals surface area contributed by atoms with Gasteiger partial charge in [-0.3, -0.25) is 0 Å². The first-order valence-electron chi connectivity index (χ1n) is 14.0. The summed E-state index contributed by atoms with van der Waals surface area (Å²) in [7, 11) is 0. The summed E-state index contributed by atoms with van der Waals surface area (Å²) in [5.74, 6) is 0. The first-order chi connectivity index (χ1) is 20.1. The van der Waals surface area contributed by atoms with Gasteiger partial charge in [0.15, 0.2) is 12.6 Å². The zero-order chi connectivity index (χ0) is 30.6. The van der Waals surface area contributed by atoms with Crippen LogP contribution in [-0.4, -0.2) is 163 Å². The maximum absolute atomic E-state index is 11.1. The maximum atomic E-state index is 11.1. The van der Waals surface area contributed by atoms with E-state index in [0.29, 0.717) is 19.3 Å². The molecule has 0 unspecified atom stereocenters. The van der Waals surface area contributed by atoms with Crippen molar-refractivity contribution in [1.29, 1.82) is 0 Å². The van der Waals surface area contributed by atoms with Crippen molar-refractivity contribution >= 4 is 0 Å². The van der Waals surface area contributed by atoms with E-state index in [0.717, 1.165) is 5.56 Å². The van der Waals surface area contributed by atoms with Gasteiger partial charge in [-0.2, -0.15) is 0 Å². The van der Waals surface area contributed by atoms with Gasteiger partial charge in [-0.1, -0.05) is 30.3 Å². The monoisotopic (exact) mass is 606 g/mol. The molecule has 10 N–H and O–H groups in total. The average molecular weight is 607 g/mol. The quantitative estimate of drug-likeness (QED) is 0.114. The van der Waals surface area contributed by atoms with Crippen molar-refractivity contribution in [2.75, 3.05) is 19.8 Å². The van der Waals surface area contributed by atoms with E-state index in [2.05, 4.69) is 0 Å². The Morgan fingerprint density at radius 1 is 0.524 bits per heavy atom. The highest BCUT2D eigenvalue weighted by Crippen LogP contribution is 2.33. The number of aryl methyl sites for hydroxylation is 1. The Labute approximate surface area is 242 Å². The third-order valence-corrected chi connectivity index (χ3v) is 8.01. The third-order valence-electron chi connectivity index (χ3n) is 8.01. The molecular weight excluding hydrogens is 564 g/mol. The molecule has 0 radical (unpaired) electrons. The molecule has 4 rings (SSSR count). The Morgan fingerprint density at radius 3 is 1.57 bits per heavy atom. The zero-order valence-electron chi connectivity index (χ0n) is 22.8. The van der Waals surface area contributed by atoms with Crippen molar-refractivity contribution in [1.82, 2.24) is 0 Å². The highest BCUT2D eigenvalue weighted by Gasteiger charge is 2.53. The molecule has 0 spiro atoms. The Balaban J connectivity index is 1.46. The van der Waals surface area contributed by atoms with Crippen molar-refractivity contribution in [2.24, 2.45) is 0 Å². The van der Waals surface area contributed by atoms with Gasteiger partial charge in [0.05, 0.1) is 25.9 Å². The van der Waals surface area contributed by atoms with Gasteiger partial charge in [-0.25, -0.2) is 0 Å². The lowest BCUT2D eigenvalue weighted by Crippen LogP contribution is -2.66. The Bertz CT molecular complexity index is 939. The van der Waals surface area contributed by atoms with Gasteiger partial charge in [0.1, 0.15) is 73.2 Å². The Kier molecular flexibility index (Phi) is 12.0. The topological polar surface area (TPSA) is 248 Å². The van der Waals surface area contributed by atoms with E-state index in [1.54, 1.807) is 0 Å². The first-order valence-corrected chi connectivity index (χ1v) is 14.0. The summed E-state index contributed by atoms with van der Waals surface area (Å²) in [5, 5.41) is 103. The van der Waals surface area contributed by atoms with Crippen molar-refractivity contribution in [3.05, 3.63) is 35.9 Å². The highest BCUT2D eigenvalue weighted by atomic mass is 16.7. The highest BCUT2D eigenvalue weighted by molar-refractivity contribution is 5.14. The lowest BCUT2D eigenvalue weighted by molar-refractivity contribution is -0.374. The molecule has 15 nitrogen and oxygen atoms in total. The molecular formula is C27H42O15. The van der Waals surface area contributed by atoms with Gasteiger partial charge >= 0.3 is 0 Å². The molecule has 15 atom stereocenters. The molecule has 0 bridgehead atoms. The molecule has 1 aromatic rings. The Hall–Kier alpha value is -1.38. The minimum Gasteiger partial charge on any atom is -0.394 e. The van der Waals surface area contributed by atoms with Crippen LogP contribution < -0.4 is 0 Å². The van der Waals surface area contributed by atoms with Crippen molar-refractivity contribution in [3.8, 4) is 0 Å². The second kappa shape index (κ2) is 15.1. The van der Waals surface area contributed by atoms with E-state index in [1.807, 2.05) is 30.3 Å².